The number of piperazine rings is 1. The smallest absolute Gasteiger partial charge is 0.344 e. The van der Waals surface area contributed by atoms with Gasteiger partial charge in [-0.2, -0.15) is 17.5 Å². The molecule has 4 heterocycles. The Labute approximate surface area is 193 Å². The van der Waals surface area contributed by atoms with Crippen molar-refractivity contribution >= 4 is 26.9 Å². The molecule has 1 saturated heterocycles. The maximum absolute atomic E-state index is 14.0. The fourth-order valence-electron chi connectivity index (χ4n) is 4.51. The number of hydrogen-bond donors (Lipinski definition) is 2. The van der Waals surface area contributed by atoms with Gasteiger partial charge in [-0.25, -0.2) is 13.4 Å². The Morgan fingerprint density at radius 2 is 1.91 bits per heavy atom. The molecule has 1 aliphatic carbocycles. The van der Waals surface area contributed by atoms with Crippen LogP contribution in [0.2, 0.25) is 0 Å². The van der Waals surface area contributed by atoms with Crippen molar-refractivity contribution in [2.75, 3.05) is 30.3 Å². The van der Waals surface area contributed by atoms with Gasteiger partial charge in [-0.15, -0.1) is 0 Å². The van der Waals surface area contributed by atoms with Crippen molar-refractivity contribution in [1.29, 1.82) is 0 Å². The zero-order valence-corrected chi connectivity index (χ0v) is 19.2. The summed E-state index contributed by atoms with van der Waals surface area (Å²) in [4.78, 5) is 23.7. The molecule has 3 aromatic heterocycles. The second kappa shape index (κ2) is 8.12. The Morgan fingerprint density at radius 1 is 1.15 bits per heavy atom. The van der Waals surface area contributed by atoms with E-state index < -0.39 is 34.3 Å². The lowest BCUT2D eigenvalue weighted by molar-refractivity contribution is -0.153. The van der Waals surface area contributed by atoms with Crippen LogP contribution in [0.4, 0.5) is 19.0 Å². The number of hydrogen-bond acceptors (Lipinski definition) is 5. The summed E-state index contributed by atoms with van der Waals surface area (Å²) in [6.45, 7) is 0.367. The summed E-state index contributed by atoms with van der Waals surface area (Å²) in [5.41, 5.74) is 2.34. The highest BCUT2D eigenvalue weighted by Crippen LogP contribution is 2.42. The number of anilines is 1. The molecule has 0 aromatic carbocycles. The van der Waals surface area contributed by atoms with Crippen molar-refractivity contribution in [3.05, 3.63) is 46.5 Å². The van der Waals surface area contributed by atoms with E-state index in [2.05, 4.69) is 15.0 Å². The van der Waals surface area contributed by atoms with Crippen LogP contribution in [0.1, 0.15) is 31.4 Å². The maximum Gasteiger partial charge on any atom is 0.410 e. The summed E-state index contributed by atoms with van der Waals surface area (Å²) in [6.07, 6.45) is -0.914. The quantitative estimate of drug-likeness (QED) is 0.566. The van der Waals surface area contributed by atoms with Gasteiger partial charge in [0, 0.05) is 43.0 Å². The van der Waals surface area contributed by atoms with Crippen LogP contribution in [0.5, 0.6) is 0 Å². The van der Waals surface area contributed by atoms with Gasteiger partial charge in [0.05, 0.1) is 5.75 Å². The van der Waals surface area contributed by atoms with E-state index in [0.717, 1.165) is 33.1 Å². The molecule has 3 aromatic rings. The zero-order chi connectivity index (χ0) is 24.3. The molecule has 2 fully saturated rings. The highest BCUT2D eigenvalue weighted by Gasteiger charge is 2.48. The number of aromatic amines is 2. The van der Waals surface area contributed by atoms with Crippen LogP contribution < -0.4 is 10.5 Å². The summed E-state index contributed by atoms with van der Waals surface area (Å²) < 4.78 is 67.3. The van der Waals surface area contributed by atoms with Crippen LogP contribution >= 0.6 is 0 Å². The van der Waals surface area contributed by atoms with Crippen molar-refractivity contribution in [2.24, 2.45) is 0 Å². The van der Waals surface area contributed by atoms with Gasteiger partial charge in [0.2, 0.25) is 15.6 Å². The minimum Gasteiger partial charge on any atom is -0.344 e. The molecule has 1 aliphatic heterocycles. The van der Waals surface area contributed by atoms with Crippen LogP contribution in [0.3, 0.4) is 0 Å². The van der Waals surface area contributed by atoms with E-state index >= 15 is 0 Å². The molecule has 182 valence electrons. The number of nitrogens with one attached hydrogen (secondary N) is 2. The molecular weight excluding hydrogens is 471 g/mol. The van der Waals surface area contributed by atoms with Crippen LogP contribution in [0.25, 0.3) is 22.2 Å². The largest absolute Gasteiger partial charge is 0.410 e. The number of aromatic nitrogens is 3. The third-order valence-electron chi connectivity index (χ3n) is 6.50. The number of pyridine rings is 2. The standard InChI is InChI=1S/C22H24F3N5O3S/c1-2-34(32,33)29-7-8-30(18(12-29)22(23,24)25)19-9-14(10-20(31)28-19)15-5-6-26-21-16(15)11-17(27-21)13-3-4-13/h5-6,9-11,13,18H,2-4,7-8,12H2,1H3,(H,26,27)(H,28,31). The Hall–Kier alpha value is -2.86. The number of nitrogens with zero attached hydrogens (tertiary/aromatic N) is 3. The van der Waals surface area contributed by atoms with Gasteiger partial charge in [-0.05, 0) is 55.0 Å². The van der Waals surface area contributed by atoms with Crippen molar-refractivity contribution in [2.45, 2.75) is 37.9 Å². The van der Waals surface area contributed by atoms with Gasteiger partial charge in [0.1, 0.15) is 17.5 Å². The van der Waals surface area contributed by atoms with E-state index in [-0.39, 0.29) is 24.7 Å². The SMILES string of the molecule is CCS(=O)(=O)N1CCN(c2cc(-c3ccnc4[nH]c(C5CC5)cc34)cc(=O)[nH]2)C(C(F)(F)F)C1. The minimum atomic E-state index is -4.70. The first-order valence-electron chi connectivity index (χ1n) is 11.1. The average Bonchev–Trinajstić information content (AvgIpc) is 3.55. The molecule has 2 aliphatic rings. The molecule has 0 bridgehead atoms. The predicted molar refractivity (Wildman–Crippen MR) is 122 cm³/mol. The van der Waals surface area contributed by atoms with Crippen LogP contribution in [-0.4, -0.2) is 65.3 Å². The van der Waals surface area contributed by atoms with Crippen molar-refractivity contribution in [3.63, 3.8) is 0 Å². The summed E-state index contributed by atoms with van der Waals surface area (Å²) in [5, 5.41) is 0.798. The first kappa shape index (κ1) is 22.9. The second-order valence-corrected chi connectivity index (χ2v) is 11.0. The Bertz CT molecular complexity index is 1390. The van der Waals surface area contributed by atoms with E-state index in [0.29, 0.717) is 22.7 Å². The third-order valence-corrected chi connectivity index (χ3v) is 8.35. The van der Waals surface area contributed by atoms with E-state index in [1.54, 1.807) is 12.3 Å². The molecule has 12 heteroatoms. The summed E-state index contributed by atoms with van der Waals surface area (Å²) in [7, 11) is -3.78. The van der Waals surface area contributed by atoms with E-state index in [4.69, 9.17) is 0 Å². The lowest BCUT2D eigenvalue weighted by Crippen LogP contribution is -2.60. The van der Waals surface area contributed by atoms with E-state index in [1.165, 1.54) is 19.1 Å². The van der Waals surface area contributed by atoms with E-state index in [1.807, 2.05) is 6.07 Å². The Kier molecular flexibility index (Phi) is 5.47. The highest BCUT2D eigenvalue weighted by molar-refractivity contribution is 7.89. The number of sulfonamides is 1. The maximum atomic E-state index is 14.0. The molecule has 1 saturated carbocycles. The van der Waals surface area contributed by atoms with Crippen molar-refractivity contribution in [1.82, 2.24) is 19.3 Å². The van der Waals surface area contributed by atoms with Crippen LogP contribution in [0, 0.1) is 0 Å². The van der Waals surface area contributed by atoms with Gasteiger partial charge in [0.15, 0.2) is 0 Å². The molecule has 0 spiro atoms. The topological polar surface area (TPSA) is 102 Å². The fraction of sp³-hybridized carbons (Fsp3) is 0.455. The molecule has 8 nitrogen and oxygen atoms in total. The van der Waals surface area contributed by atoms with Crippen molar-refractivity contribution in [3.8, 4) is 11.1 Å². The number of rotatable bonds is 5. The first-order chi connectivity index (χ1) is 16.1. The molecule has 1 atom stereocenters. The minimum absolute atomic E-state index is 0.00119. The molecule has 0 amide bonds. The lowest BCUT2D eigenvalue weighted by atomic mass is 10.0. The van der Waals surface area contributed by atoms with E-state index in [9.17, 15) is 26.4 Å². The summed E-state index contributed by atoms with van der Waals surface area (Å²) >= 11 is 0. The highest BCUT2D eigenvalue weighted by atomic mass is 32.2. The predicted octanol–water partition coefficient (Wildman–Crippen LogP) is 3.20. The molecule has 0 radical (unpaired) electrons. The lowest BCUT2D eigenvalue weighted by Gasteiger charge is -2.42. The van der Waals surface area contributed by atoms with Crippen molar-refractivity contribution < 1.29 is 21.6 Å². The van der Waals surface area contributed by atoms with Crippen LogP contribution in [0.15, 0.2) is 35.3 Å². The number of H-pyrrole nitrogens is 2. The zero-order valence-electron chi connectivity index (χ0n) is 18.4. The molecule has 2 N–H and O–H groups in total. The number of alkyl halides is 3. The fourth-order valence-corrected chi connectivity index (χ4v) is 5.61. The van der Waals surface area contributed by atoms with Gasteiger partial charge >= 0.3 is 6.18 Å². The first-order valence-corrected chi connectivity index (χ1v) is 12.7. The molecule has 5 rings (SSSR count). The Balaban J connectivity index is 1.55. The third kappa shape index (κ3) is 4.20. The second-order valence-electron chi connectivity index (χ2n) is 8.75. The normalized spacial score (nSPS) is 20.2. The molecule has 1 unspecified atom stereocenters. The summed E-state index contributed by atoms with van der Waals surface area (Å²) in [6, 6.07) is 4.51. The monoisotopic (exact) mass is 495 g/mol. The number of halogens is 3. The molecule has 34 heavy (non-hydrogen) atoms. The average molecular weight is 496 g/mol. The molecular formula is C22H24F3N5O3S. The number of fused-ring (bicyclic) bond motifs is 1. The van der Waals surface area contributed by atoms with Gasteiger partial charge in [0.25, 0.3) is 0 Å². The van der Waals surface area contributed by atoms with Crippen LogP contribution in [-0.2, 0) is 10.0 Å². The Morgan fingerprint density at radius 3 is 2.59 bits per heavy atom. The van der Waals surface area contributed by atoms with Gasteiger partial charge in [-0.3, -0.25) is 4.79 Å². The van der Waals surface area contributed by atoms with Gasteiger partial charge < -0.3 is 14.9 Å². The summed E-state index contributed by atoms with van der Waals surface area (Å²) in [5.74, 6) is 0.183. The van der Waals surface area contributed by atoms with Gasteiger partial charge in [-0.1, -0.05) is 0 Å².